The summed E-state index contributed by atoms with van der Waals surface area (Å²) in [5, 5.41) is 20.8. The third-order valence-corrected chi connectivity index (χ3v) is 6.18. The lowest BCUT2D eigenvalue weighted by Crippen LogP contribution is -2.39. The van der Waals surface area contributed by atoms with Crippen LogP contribution in [-0.4, -0.2) is 27.2 Å². The largest absolute Gasteiger partial charge is 0.502 e. The van der Waals surface area contributed by atoms with Gasteiger partial charge in [0.1, 0.15) is 5.82 Å². The van der Waals surface area contributed by atoms with E-state index in [0.29, 0.717) is 21.6 Å². The van der Waals surface area contributed by atoms with Crippen molar-refractivity contribution in [2.75, 3.05) is 6.61 Å². The first-order chi connectivity index (χ1) is 16.2. The zero-order valence-electron chi connectivity index (χ0n) is 18.0. The summed E-state index contributed by atoms with van der Waals surface area (Å²) in [5.74, 6) is -1.60. The Morgan fingerprint density at radius 2 is 2.03 bits per heavy atom. The zero-order chi connectivity index (χ0) is 24.6. The normalized spacial score (nSPS) is 15.6. The maximum Gasteiger partial charge on any atom is 0.338 e. The molecule has 1 atom stereocenters. The summed E-state index contributed by atoms with van der Waals surface area (Å²) in [6.07, 6.45) is 1.45. The molecule has 1 aliphatic heterocycles. The number of hydrogen-bond donors (Lipinski definition) is 1. The monoisotopic (exact) mass is 483 g/mol. The van der Waals surface area contributed by atoms with Crippen LogP contribution in [0.1, 0.15) is 31.0 Å². The van der Waals surface area contributed by atoms with E-state index in [1.807, 2.05) is 0 Å². The van der Waals surface area contributed by atoms with Crippen LogP contribution in [0, 0.1) is 15.9 Å². The number of carbonyl (C=O) groups excluding carboxylic acids is 1. The fraction of sp³-hybridized carbons (Fsp3) is 0.174. The second-order valence-electron chi connectivity index (χ2n) is 7.36. The van der Waals surface area contributed by atoms with Gasteiger partial charge in [0.2, 0.25) is 0 Å². The van der Waals surface area contributed by atoms with Crippen molar-refractivity contribution >= 4 is 29.1 Å². The van der Waals surface area contributed by atoms with Crippen LogP contribution in [-0.2, 0) is 9.53 Å². The van der Waals surface area contributed by atoms with Crippen LogP contribution in [0.15, 0.2) is 63.5 Å². The highest BCUT2D eigenvalue weighted by Crippen LogP contribution is 2.31. The van der Waals surface area contributed by atoms with E-state index in [1.54, 1.807) is 13.8 Å². The van der Waals surface area contributed by atoms with Gasteiger partial charge in [-0.1, -0.05) is 29.5 Å². The van der Waals surface area contributed by atoms with E-state index >= 15 is 0 Å². The molecule has 0 amide bonds. The number of nitro groups is 1. The zero-order valence-corrected chi connectivity index (χ0v) is 18.8. The van der Waals surface area contributed by atoms with Crippen molar-refractivity contribution < 1.29 is 24.0 Å². The number of benzene rings is 2. The molecule has 34 heavy (non-hydrogen) atoms. The number of carbonyl (C=O) groups is 1. The van der Waals surface area contributed by atoms with E-state index in [1.165, 1.54) is 47.0 Å². The fourth-order valence-corrected chi connectivity index (χ4v) is 4.73. The van der Waals surface area contributed by atoms with Crippen LogP contribution in [0.4, 0.5) is 10.1 Å². The molecule has 2 heterocycles. The average molecular weight is 483 g/mol. The van der Waals surface area contributed by atoms with Gasteiger partial charge in [0.05, 0.1) is 33.4 Å². The Hall–Kier alpha value is -4.12. The second-order valence-corrected chi connectivity index (χ2v) is 8.37. The smallest absolute Gasteiger partial charge is 0.338 e. The number of fused-ring (bicyclic) bond motifs is 1. The highest BCUT2D eigenvalue weighted by Gasteiger charge is 2.33. The lowest BCUT2D eigenvalue weighted by Gasteiger charge is -2.24. The van der Waals surface area contributed by atoms with Gasteiger partial charge in [-0.25, -0.2) is 14.2 Å². The number of aromatic nitrogens is 1. The number of rotatable bonds is 5. The number of thiazole rings is 1. The Morgan fingerprint density at radius 1 is 1.32 bits per heavy atom. The summed E-state index contributed by atoms with van der Waals surface area (Å²) in [6, 6.07) is 8.31. The number of hydrogen-bond acceptors (Lipinski definition) is 8. The summed E-state index contributed by atoms with van der Waals surface area (Å²) < 4.78 is 20.3. The minimum Gasteiger partial charge on any atom is -0.502 e. The van der Waals surface area contributed by atoms with Crippen molar-refractivity contribution in [3.63, 3.8) is 0 Å². The van der Waals surface area contributed by atoms with E-state index in [0.717, 1.165) is 17.4 Å². The van der Waals surface area contributed by atoms with Gasteiger partial charge >= 0.3 is 11.7 Å². The first-order valence-corrected chi connectivity index (χ1v) is 11.0. The summed E-state index contributed by atoms with van der Waals surface area (Å²) >= 11 is 1.04. The van der Waals surface area contributed by atoms with Gasteiger partial charge in [-0.2, -0.15) is 0 Å². The minimum absolute atomic E-state index is 0.121. The molecule has 1 N–H and O–H groups in total. The third kappa shape index (κ3) is 4.13. The van der Waals surface area contributed by atoms with E-state index in [4.69, 9.17) is 4.74 Å². The Balaban J connectivity index is 1.94. The van der Waals surface area contributed by atoms with Crippen LogP contribution in [0.2, 0.25) is 0 Å². The molecule has 0 saturated carbocycles. The molecular weight excluding hydrogens is 465 g/mol. The van der Waals surface area contributed by atoms with E-state index in [9.17, 15) is 29.2 Å². The SMILES string of the molecule is CCOC(=O)C1=C(C)N=c2s/c(=C\c3ccc(O)c([N+](=O)[O-])c3)c(=O)n2[C@@H]1c1ccc(F)cc1. The highest BCUT2D eigenvalue weighted by molar-refractivity contribution is 7.07. The van der Waals surface area contributed by atoms with Crippen molar-refractivity contribution in [1.29, 1.82) is 0 Å². The molecule has 2 aromatic carbocycles. The number of nitro benzene ring substituents is 1. The lowest BCUT2D eigenvalue weighted by atomic mass is 9.96. The lowest BCUT2D eigenvalue weighted by molar-refractivity contribution is -0.385. The maximum atomic E-state index is 13.6. The van der Waals surface area contributed by atoms with E-state index < -0.39 is 39.7 Å². The number of aromatic hydroxyl groups is 1. The minimum atomic E-state index is -0.896. The predicted molar refractivity (Wildman–Crippen MR) is 122 cm³/mol. The Morgan fingerprint density at radius 3 is 2.68 bits per heavy atom. The number of phenols is 1. The van der Waals surface area contributed by atoms with Gasteiger partial charge in [0, 0.05) is 6.07 Å². The summed E-state index contributed by atoms with van der Waals surface area (Å²) in [7, 11) is 0. The first kappa shape index (κ1) is 23.1. The molecular formula is C23H18FN3O6S. The molecule has 0 saturated heterocycles. The third-order valence-electron chi connectivity index (χ3n) is 5.20. The molecule has 174 valence electrons. The van der Waals surface area contributed by atoms with Gasteiger partial charge in [-0.3, -0.25) is 19.5 Å². The van der Waals surface area contributed by atoms with Crippen LogP contribution >= 0.6 is 11.3 Å². The molecule has 1 aromatic heterocycles. The number of allylic oxidation sites excluding steroid dienone is 1. The maximum absolute atomic E-state index is 13.6. The first-order valence-electron chi connectivity index (χ1n) is 10.1. The molecule has 9 nitrogen and oxygen atoms in total. The van der Waals surface area contributed by atoms with E-state index in [2.05, 4.69) is 4.99 Å². The van der Waals surface area contributed by atoms with Crippen LogP contribution < -0.4 is 14.9 Å². The molecule has 3 aromatic rings. The molecule has 0 bridgehead atoms. The molecule has 0 unspecified atom stereocenters. The van der Waals surface area contributed by atoms with Crippen LogP contribution in [0.5, 0.6) is 5.75 Å². The highest BCUT2D eigenvalue weighted by atomic mass is 32.1. The van der Waals surface area contributed by atoms with Gasteiger partial charge in [-0.05, 0) is 49.2 Å². The molecule has 11 heteroatoms. The second kappa shape index (κ2) is 9.02. The molecule has 0 radical (unpaired) electrons. The standard InChI is InChI=1S/C23H18FN3O6S/c1-3-33-22(30)19-12(2)25-23-26(20(19)14-5-7-15(24)8-6-14)21(29)18(34-23)11-13-4-9-17(28)16(10-13)27(31)32/h4-11,20,28H,3H2,1-2H3/b18-11-/t20-/m1/s1. The average Bonchev–Trinajstić information content (AvgIpc) is 3.09. The van der Waals surface area contributed by atoms with Gasteiger partial charge in [0.15, 0.2) is 10.6 Å². The summed E-state index contributed by atoms with van der Waals surface area (Å²) in [4.78, 5) is 41.4. The van der Waals surface area contributed by atoms with Gasteiger partial charge in [-0.15, -0.1) is 0 Å². The number of nitrogens with zero attached hydrogens (tertiary/aromatic N) is 3. The quantitative estimate of drug-likeness (QED) is 0.338. The van der Waals surface area contributed by atoms with Crippen molar-refractivity contribution in [2.24, 2.45) is 4.99 Å². The van der Waals surface area contributed by atoms with Crippen LogP contribution in [0.25, 0.3) is 6.08 Å². The molecule has 1 aliphatic rings. The van der Waals surface area contributed by atoms with Gasteiger partial charge < -0.3 is 9.84 Å². The number of ether oxygens (including phenoxy) is 1. The molecule has 0 aliphatic carbocycles. The Bertz CT molecular complexity index is 1520. The van der Waals surface area contributed by atoms with Crippen molar-refractivity contribution in [1.82, 2.24) is 4.57 Å². The molecule has 4 rings (SSSR count). The van der Waals surface area contributed by atoms with E-state index in [-0.39, 0.29) is 16.7 Å². The molecule has 0 spiro atoms. The number of esters is 1. The molecule has 0 fully saturated rings. The van der Waals surface area contributed by atoms with Gasteiger partial charge in [0.25, 0.3) is 5.56 Å². The van der Waals surface area contributed by atoms with Crippen molar-refractivity contribution in [3.05, 3.63) is 100 Å². The van der Waals surface area contributed by atoms with Crippen molar-refractivity contribution in [2.45, 2.75) is 19.9 Å². The predicted octanol–water partition coefficient (Wildman–Crippen LogP) is 2.55. The fourth-order valence-electron chi connectivity index (χ4n) is 3.68. The number of halogens is 1. The van der Waals surface area contributed by atoms with Crippen LogP contribution in [0.3, 0.4) is 0 Å². The topological polar surface area (TPSA) is 124 Å². The van der Waals surface area contributed by atoms with Crippen molar-refractivity contribution in [3.8, 4) is 5.75 Å². The summed E-state index contributed by atoms with van der Waals surface area (Å²) in [6.45, 7) is 3.41. The summed E-state index contributed by atoms with van der Waals surface area (Å²) in [5.41, 5.74) is 0.365. The Kier molecular flexibility index (Phi) is 6.12. The number of phenolic OH excluding ortho intramolecular Hbond substituents is 1. The Labute approximate surface area is 195 Å².